The fraction of sp³-hybridized carbons (Fsp3) is 0.0870. The van der Waals surface area contributed by atoms with E-state index < -0.39 is 10.1 Å². The Kier molecular flexibility index (Phi) is 5.05. The second-order valence-electron chi connectivity index (χ2n) is 7.58. The molecule has 9 nitrogen and oxygen atoms in total. The number of hydrogen-bond donors (Lipinski definition) is 3. The highest BCUT2D eigenvalue weighted by Crippen LogP contribution is 2.26. The highest BCUT2D eigenvalue weighted by molar-refractivity contribution is 7.86. The first-order chi connectivity index (χ1) is 15.9. The molecular weight excluding hydrogens is 442 g/mol. The lowest BCUT2D eigenvalue weighted by Crippen LogP contribution is -2.44. The summed E-state index contributed by atoms with van der Waals surface area (Å²) in [6.45, 7) is 1.70. The van der Waals surface area contributed by atoms with Crippen molar-refractivity contribution in [1.29, 1.82) is 0 Å². The number of para-hydroxylation sites is 1. The molecule has 33 heavy (non-hydrogen) atoms. The van der Waals surface area contributed by atoms with Crippen LogP contribution in [0, 0.1) is 6.92 Å². The number of fused-ring (bicyclic) bond motifs is 1. The smallest absolute Gasteiger partial charge is 0.341 e. The van der Waals surface area contributed by atoms with Gasteiger partial charge in [-0.1, -0.05) is 35.9 Å². The van der Waals surface area contributed by atoms with E-state index in [2.05, 4.69) is 15.2 Å². The van der Waals surface area contributed by atoms with E-state index in [9.17, 15) is 18.1 Å². The molecule has 0 radical (unpaired) electrons. The Balaban J connectivity index is 1.84. The Labute approximate surface area is 189 Å². The lowest BCUT2D eigenvalue weighted by molar-refractivity contribution is -0.734. The maximum atomic E-state index is 12.0. The summed E-state index contributed by atoms with van der Waals surface area (Å²) in [5.74, 6) is 0.0937. The number of nitrogens with one attached hydrogen (secondary N) is 1. The number of H-pyrrole nitrogens is 1. The van der Waals surface area contributed by atoms with Gasteiger partial charge in [0.2, 0.25) is 0 Å². The fourth-order valence-corrected chi connectivity index (χ4v) is 4.54. The molecule has 0 aliphatic rings. The third kappa shape index (κ3) is 3.69. The van der Waals surface area contributed by atoms with E-state index in [4.69, 9.17) is 0 Å². The quantitative estimate of drug-likeness (QED) is 0.272. The van der Waals surface area contributed by atoms with Crippen LogP contribution in [0.3, 0.4) is 0 Å². The van der Waals surface area contributed by atoms with Crippen LogP contribution < -0.4 is 4.80 Å². The standard InChI is InChI=1S/C23H19N5O4S/c1-15-9-10-19(17(13-15)14-29)27-25-23(18-6-2-3-8-21(18)33(30,31)32)26-28(27)20-7-4-5-16-11-12-24-22(16)20/h2-13,24,29H,14H2,1H3/p+1. The first kappa shape index (κ1) is 21.0. The molecule has 0 fully saturated rings. The second kappa shape index (κ2) is 7.93. The van der Waals surface area contributed by atoms with Crippen LogP contribution in [-0.2, 0) is 16.7 Å². The van der Waals surface area contributed by atoms with Crippen molar-refractivity contribution in [2.45, 2.75) is 18.4 Å². The molecule has 3 N–H and O–H groups in total. The molecule has 0 aliphatic heterocycles. The molecule has 0 aliphatic carbocycles. The van der Waals surface area contributed by atoms with Crippen LogP contribution in [0.15, 0.2) is 77.8 Å². The molecular formula is C23H20N5O4S+. The first-order valence-electron chi connectivity index (χ1n) is 10.1. The lowest BCUT2D eigenvalue weighted by atomic mass is 10.1. The van der Waals surface area contributed by atoms with Crippen molar-refractivity contribution < 1.29 is 22.9 Å². The number of nitrogens with zero attached hydrogens (tertiary/aromatic N) is 4. The molecule has 2 heterocycles. The van der Waals surface area contributed by atoms with Gasteiger partial charge in [-0.3, -0.25) is 4.55 Å². The number of tetrazole rings is 1. The van der Waals surface area contributed by atoms with E-state index in [1.54, 1.807) is 10.9 Å². The van der Waals surface area contributed by atoms with Crippen molar-refractivity contribution in [3.63, 3.8) is 0 Å². The highest BCUT2D eigenvalue weighted by Gasteiger charge is 2.30. The van der Waals surface area contributed by atoms with E-state index in [1.807, 2.05) is 55.6 Å². The van der Waals surface area contributed by atoms with Gasteiger partial charge in [-0.25, -0.2) is 0 Å². The predicted molar refractivity (Wildman–Crippen MR) is 121 cm³/mol. The van der Waals surface area contributed by atoms with Crippen LogP contribution in [0.2, 0.25) is 0 Å². The summed E-state index contributed by atoms with van der Waals surface area (Å²) >= 11 is 0. The van der Waals surface area contributed by atoms with Crippen LogP contribution in [0.4, 0.5) is 0 Å². The maximum absolute atomic E-state index is 12.0. The minimum absolute atomic E-state index is 0.0937. The SMILES string of the molecule is Cc1ccc(-[n+]2nc(-c3ccccc3S(=O)(=O)O)nn2-c2cccc3cc[nH]c23)c(CO)c1. The molecule has 10 heteroatoms. The largest absolute Gasteiger partial charge is 0.392 e. The number of aromatic nitrogens is 5. The molecule has 166 valence electrons. The summed E-state index contributed by atoms with van der Waals surface area (Å²) < 4.78 is 33.7. The van der Waals surface area contributed by atoms with Gasteiger partial charge in [0.05, 0.1) is 22.8 Å². The summed E-state index contributed by atoms with van der Waals surface area (Å²) in [5.41, 5.74) is 3.81. The molecule has 0 saturated heterocycles. The second-order valence-corrected chi connectivity index (χ2v) is 8.97. The Morgan fingerprint density at radius 2 is 1.88 bits per heavy atom. The first-order valence-corrected chi connectivity index (χ1v) is 11.5. The van der Waals surface area contributed by atoms with Gasteiger partial charge < -0.3 is 10.1 Å². The monoisotopic (exact) mass is 462 g/mol. The number of aliphatic hydroxyl groups is 1. The van der Waals surface area contributed by atoms with Crippen molar-refractivity contribution in [1.82, 2.24) is 20.0 Å². The molecule has 0 saturated carbocycles. The van der Waals surface area contributed by atoms with Crippen molar-refractivity contribution in [2.75, 3.05) is 0 Å². The summed E-state index contributed by atoms with van der Waals surface area (Å²) in [7, 11) is -4.50. The van der Waals surface area contributed by atoms with E-state index in [0.29, 0.717) is 16.9 Å². The molecule has 3 aromatic carbocycles. The molecule has 0 unspecified atom stereocenters. The third-order valence-corrected chi connectivity index (χ3v) is 6.28. The zero-order valence-electron chi connectivity index (χ0n) is 17.5. The average Bonchev–Trinajstić information content (AvgIpc) is 3.45. The van der Waals surface area contributed by atoms with Gasteiger partial charge >= 0.3 is 5.82 Å². The minimum atomic E-state index is -4.50. The van der Waals surface area contributed by atoms with Gasteiger partial charge in [0, 0.05) is 21.9 Å². The predicted octanol–water partition coefficient (Wildman–Crippen LogP) is 2.74. The zero-order valence-corrected chi connectivity index (χ0v) is 18.4. The Hall–Kier alpha value is -3.86. The van der Waals surface area contributed by atoms with Crippen molar-refractivity contribution in [3.8, 4) is 22.8 Å². The number of rotatable bonds is 5. The fourth-order valence-electron chi connectivity index (χ4n) is 3.85. The number of benzene rings is 3. The Morgan fingerprint density at radius 1 is 1.06 bits per heavy atom. The summed E-state index contributed by atoms with van der Waals surface area (Å²) in [5, 5.41) is 20.2. The number of aromatic amines is 1. The summed E-state index contributed by atoms with van der Waals surface area (Å²) in [6.07, 6.45) is 1.81. The van der Waals surface area contributed by atoms with Crippen LogP contribution in [0.5, 0.6) is 0 Å². The molecule has 0 bridgehead atoms. The average molecular weight is 463 g/mol. The summed E-state index contributed by atoms with van der Waals surface area (Å²) in [6, 6.07) is 19.2. The van der Waals surface area contributed by atoms with Crippen LogP contribution in [-0.4, -0.2) is 38.1 Å². The third-order valence-electron chi connectivity index (χ3n) is 5.37. The molecule has 2 aromatic heterocycles. The molecule has 5 rings (SSSR count). The Bertz CT molecular complexity index is 1600. The maximum Gasteiger partial charge on any atom is 0.341 e. The minimum Gasteiger partial charge on any atom is -0.392 e. The number of aryl methyl sites for hydroxylation is 1. The van der Waals surface area contributed by atoms with Gasteiger partial charge in [0.25, 0.3) is 10.1 Å². The van der Waals surface area contributed by atoms with Gasteiger partial charge in [0.1, 0.15) is 4.90 Å². The van der Waals surface area contributed by atoms with Gasteiger partial charge in [-0.05, 0) is 53.2 Å². The topological polar surface area (TPSA) is 125 Å². The van der Waals surface area contributed by atoms with Crippen LogP contribution in [0.1, 0.15) is 11.1 Å². The van der Waals surface area contributed by atoms with E-state index in [1.165, 1.54) is 23.0 Å². The number of aliphatic hydroxyl groups excluding tert-OH is 1. The molecule has 5 aromatic rings. The van der Waals surface area contributed by atoms with Gasteiger partial charge in [-0.15, -0.1) is 0 Å². The van der Waals surface area contributed by atoms with E-state index in [-0.39, 0.29) is 22.9 Å². The van der Waals surface area contributed by atoms with Crippen molar-refractivity contribution in [3.05, 3.63) is 84.1 Å². The van der Waals surface area contributed by atoms with Crippen LogP contribution in [0.25, 0.3) is 33.7 Å². The molecule has 0 spiro atoms. The van der Waals surface area contributed by atoms with E-state index in [0.717, 1.165) is 16.5 Å². The van der Waals surface area contributed by atoms with E-state index >= 15 is 0 Å². The summed E-state index contributed by atoms with van der Waals surface area (Å²) in [4.78, 5) is 5.96. The van der Waals surface area contributed by atoms with Gasteiger partial charge in [0.15, 0.2) is 11.4 Å². The molecule has 0 amide bonds. The van der Waals surface area contributed by atoms with Crippen molar-refractivity contribution >= 4 is 21.0 Å². The zero-order chi connectivity index (χ0) is 23.2. The van der Waals surface area contributed by atoms with Gasteiger partial charge in [-0.2, -0.15) is 8.42 Å². The normalized spacial score (nSPS) is 11.8. The van der Waals surface area contributed by atoms with Crippen LogP contribution >= 0.6 is 0 Å². The highest BCUT2D eigenvalue weighted by atomic mass is 32.2. The Morgan fingerprint density at radius 3 is 2.67 bits per heavy atom. The number of hydrogen-bond acceptors (Lipinski definition) is 5. The lowest BCUT2D eigenvalue weighted by Gasteiger charge is -2.06. The molecule has 0 atom stereocenters. The van der Waals surface area contributed by atoms with Crippen molar-refractivity contribution in [2.24, 2.45) is 0 Å².